The van der Waals surface area contributed by atoms with Crippen LogP contribution >= 0.6 is 0 Å². The van der Waals surface area contributed by atoms with E-state index in [1.165, 1.54) is 4.57 Å². The van der Waals surface area contributed by atoms with Gasteiger partial charge in [-0.2, -0.15) is 0 Å². The van der Waals surface area contributed by atoms with Crippen molar-refractivity contribution in [1.29, 1.82) is 0 Å². The summed E-state index contributed by atoms with van der Waals surface area (Å²) in [6.45, 7) is 2.75. The van der Waals surface area contributed by atoms with Gasteiger partial charge in [-0.3, -0.25) is 9.36 Å². The zero-order valence-electron chi connectivity index (χ0n) is 13.2. The smallest absolute Gasteiger partial charge is 0.261 e. The van der Waals surface area contributed by atoms with Gasteiger partial charge in [0.15, 0.2) is 0 Å². The number of para-hydroxylation sites is 1. The van der Waals surface area contributed by atoms with Gasteiger partial charge in [0.2, 0.25) is 0 Å². The minimum absolute atomic E-state index is 0.0720. The molecule has 0 amide bonds. The number of benzene rings is 2. The van der Waals surface area contributed by atoms with Gasteiger partial charge in [0.05, 0.1) is 17.5 Å². The Morgan fingerprint density at radius 2 is 1.78 bits per heavy atom. The van der Waals surface area contributed by atoms with Crippen LogP contribution in [0.5, 0.6) is 11.5 Å². The molecule has 0 radical (unpaired) electrons. The van der Waals surface area contributed by atoms with Crippen molar-refractivity contribution in [3.05, 3.63) is 64.7 Å². The second-order valence-electron chi connectivity index (χ2n) is 5.11. The molecule has 5 heteroatoms. The highest BCUT2D eigenvalue weighted by Gasteiger charge is 2.08. The molecule has 2 aromatic carbocycles. The quantitative estimate of drug-likeness (QED) is 0.727. The standard InChI is InChI=1S/C18H18N2O3/c1-3-22-13-7-6-8-14(11-13)23-12-17-19-16-10-5-4-9-15(16)18(21)20(17)2/h4-11H,3,12H2,1-2H3. The number of ether oxygens (including phenoxy) is 2. The topological polar surface area (TPSA) is 53.4 Å². The van der Waals surface area contributed by atoms with E-state index in [1.54, 1.807) is 13.1 Å². The molecule has 0 saturated heterocycles. The van der Waals surface area contributed by atoms with Crippen LogP contribution in [-0.4, -0.2) is 16.2 Å². The zero-order chi connectivity index (χ0) is 16.2. The van der Waals surface area contributed by atoms with Crippen molar-refractivity contribution < 1.29 is 9.47 Å². The molecule has 0 saturated carbocycles. The molecule has 5 nitrogen and oxygen atoms in total. The highest BCUT2D eigenvalue weighted by molar-refractivity contribution is 5.77. The van der Waals surface area contributed by atoms with Crippen molar-refractivity contribution >= 4 is 10.9 Å². The molecule has 1 heterocycles. The molecule has 3 rings (SSSR count). The highest BCUT2D eigenvalue weighted by Crippen LogP contribution is 2.20. The van der Waals surface area contributed by atoms with Gasteiger partial charge in [-0.1, -0.05) is 18.2 Å². The Morgan fingerprint density at radius 3 is 2.57 bits per heavy atom. The number of fused-ring (bicyclic) bond motifs is 1. The zero-order valence-corrected chi connectivity index (χ0v) is 13.2. The minimum atomic E-state index is -0.0720. The molecule has 0 fully saturated rings. The normalized spacial score (nSPS) is 10.7. The average Bonchev–Trinajstić information content (AvgIpc) is 2.57. The first-order chi connectivity index (χ1) is 11.2. The maximum Gasteiger partial charge on any atom is 0.261 e. The largest absolute Gasteiger partial charge is 0.494 e. The van der Waals surface area contributed by atoms with E-state index in [9.17, 15) is 4.79 Å². The fourth-order valence-corrected chi connectivity index (χ4v) is 2.36. The average molecular weight is 310 g/mol. The van der Waals surface area contributed by atoms with E-state index in [4.69, 9.17) is 9.47 Å². The van der Waals surface area contributed by atoms with Crippen LogP contribution in [0, 0.1) is 0 Å². The summed E-state index contributed by atoms with van der Waals surface area (Å²) >= 11 is 0. The van der Waals surface area contributed by atoms with Crippen molar-refractivity contribution in [3.63, 3.8) is 0 Å². The van der Waals surface area contributed by atoms with Gasteiger partial charge in [-0.05, 0) is 31.2 Å². The predicted octanol–water partition coefficient (Wildman–Crippen LogP) is 2.91. The van der Waals surface area contributed by atoms with Crippen LogP contribution < -0.4 is 15.0 Å². The monoisotopic (exact) mass is 310 g/mol. The van der Waals surface area contributed by atoms with Gasteiger partial charge in [-0.25, -0.2) is 4.98 Å². The third-order valence-corrected chi connectivity index (χ3v) is 3.56. The van der Waals surface area contributed by atoms with E-state index in [2.05, 4.69) is 4.98 Å². The number of rotatable bonds is 5. The first-order valence-electron chi connectivity index (χ1n) is 7.49. The molecule has 23 heavy (non-hydrogen) atoms. The van der Waals surface area contributed by atoms with Gasteiger partial charge < -0.3 is 9.47 Å². The van der Waals surface area contributed by atoms with Crippen LogP contribution in [0.2, 0.25) is 0 Å². The first-order valence-corrected chi connectivity index (χ1v) is 7.49. The Morgan fingerprint density at radius 1 is 1.04 bits per heavy atom. The second kappa shape index (κ2) is 6.52. The number of hydrogen-bond donors (Lipinski definition) is 0. The minimum Gasteiger partial charge on any atom is -0.494 e. The van der Waals surface area contributed by atoms with Crippen LogP contribution in [0.4, 0.5) is 0 Å². The SMILES string of the molecule is CCOc1cccc(OCc2nc3ccccc3c(=O)n2C)c1. The molecule has 0 atom stereocenters. The van der Waals surface area contributed by atoms with Gasteiger partial charge in [0.1, 0.15) is 23.9 Å². The second-order valence-corrected chi connectivity index (χ2v) is 5.11. The summed E-state index contributed by atoms with van der Waals surface area (Å²) < 4.78 is 12.7. The van der Waals surface area contributed by atoms with Crippen molar-refractivity contribution in [2.75, 3.05) is 6.61 Å². The third-order valence-electron chi connectivity index (χ3n) is 3.56. The fourth-order valence-electron chi connectivity index (χ4n) is 2.36. The Kier molecular flexibility index (Phi) is 4.28. The highest BCUT2D eigenvalue weighted by atomic mass is 16.5. The van der Waals surface area contributed by atoms with Crippen LogP contribution in [0.1, 0.15) is 12.7 Å². The molecular weight excluding hydrogens is 292 g/mol. The van der Waals surface area contributed by atoms with E-state index in [0.717, 1.165) is 5.75 Å². The summed E-state index contributed by atoms with van der Waals surface area (Å²) in [5.74, 6) is 2.01. The predicted molar refractivity (Wildman–Crippen MR) is 88.9 cm³/mol. The third kappa shape index (κ3) is 3.18. The van der Waals surface area contributed by atoms with E-state index in [1.807, 2.05) is 49.4 Å². The Balaban J connectivity index is 1.86. The lowest BCUT2D eigenvalue weighted by atomic mass is 10.2. The van der Waals surface area contributed by atoms with Crippen LogP contribution in [0.15, 0.2) is 53.3 Å². The van der Waals surface area contributed by atoms with E-state index in [0.29, 0.717) is 29.1 Å². The van der Waals surface area contributed by atoms with Gasteiger partial charge in [0.25, 0.3) is 5.56 Å². The molecule has 118 valence electrons. The lowest BCUT2D eigenvalue weighted by Gasteiger charge is -2.11. The summed E-state index contributed by atoms with van der Waals surface area (Å²) in [7, 11) is 1.71. The van der Waals surface area contributed by atoms with Crippen LogP contribution in [0.3, 0.4) is 0 Å². The lowest BCUT2D eigenvalue weighted by Crippen LogP contribution is -2.23. The maximum absolute atomic E-state index is 12.3. The summed E-state index contributed by atoms with van der Waals surface area (Å²) in [6, 6.07) is 14.7. The molecular formula is C18H18N2O3. The van der Waals surface area contributed by atoms with Crippen molar-refractivity contribution in [1.82, 2.24) is 9.55 Å². The summed E-state index contributed by atoms with van der Waals surface area (Å²) in [6.07, 6.45) is 0. The Bertz CT molecular complexity index is 887. The number of aromatic nitrogens is 2. The molecule has 0 aliphatic rings. The molecule has 0 aliphatic heterocycles. The van der Waals surface area contributed by atoms with Gasteiger partial charge in [0, 0.05) is 13.1 Å². The first kappa shape index (κ1) is 15.1. The molecule has 0 bridgehead atoms. The molecule has 0 aliphatic carbocycles. The summed E-state index contributed by atoms with van der Waals surface area (Å²) in [5.41, 5.74) is 0.606. The van der Waals surface area contributed by atoms with Crippen molar-refractivity contribution in [3.8, 4) is 11.5 Å². The number of nitrogens with zero attached hydrogens (tertiary/aromatic N) is 2. The van der Waals surface area contributed by atoms with Crippen LogP contribution in [-0.2, 0) is 13.7 Å². The van der Waals surface area contributed by atoms with Gasteiger partial charge in [-0.15, -0.1) is 0 Å². The molecule has 0 N–H and O–H groups in total. The fraction of sp³-hybridized carbons (Fsp3) is 0.222. The molecule has 1 aromatic heterocycles. The Hall–Kier alpha value is -2.82. The molecule has 0 unspecified atom stereocenters. The van der Waals surface area contributed by atoms with Crippen LogP contribution in [0.25, 0.3) is 10.9 Å². The molecule has 0 spiro atoms. The van der Waals surface area contributed by atoms with E-state index in [-0.39, 0.29) is 12.2 Å². The Labute approximate surface area is 134 Å². The van der Waals surface area contributed by atoms with Crippen molar-refractivity contribution in [2.45, 2.75) is 13.5 Å². The van der Waals surface area contributed by atoms with Gasteiger partial charge >= 0.3 is 0 Å². The lowest BCUT2D eigenvalue weighted by molar-refractivity contribution is 0.285. The molecule has 3 aromatic rings. The van der Waals surface area contributed by atoms with E-state index < -0.39 is 0 Å². The summed E-state index contributed by atoms with van der Waals surface area (Å²) in [5, 5.41) is 0.608. The van der Waals surface area contributed by atoms with Crippen molar-refractivity contribution in [2.24, 2.45) is 7.05 Å². The van der Waals surface area contributed by atoms with E-state index >= 15 is 0 Å². The number of hydrogen-bond acceptors (Lipinski definition) is 4. The maximum atomic E-state index is 12.3. The summed E-state index contributed by atoms with van der Waals surface area (Å²) in [4.78, 5) is 16.9.